The fourth-order valence-corrected chi connectivity index (χ4v) is 4.22. The number of unbranched alkanes of at least 4 members (excludes halogenated alkanes) is 1. The van der Waals surface area contributed by atoms with Crippen molar-refractivity contribution in [2.45, 2.75) is 63.5 Å². The molecule has 6 heteroatoms. The van der Waals surface area contributed by atoms with Gasteiger partial charge >= 0.3 is 0 Å². The van der Waals surface area contributed by atoms with E-state index in [1.807, 2.05) is 0 Å². The topological polar surface area (TPSA) is 61.4 Å². The maximum absolute atomic E-state index is 12.2. The lowest BCUT2D eigenvalue weighted by Crippen LogP contribution is -2.60. The molecule has 1 unspecified atom stereocenters. The average molecular weight is 289 g/mol. The van der Waals surface area contributed by atoms with Gasteiger partial charge in [0.2, 0.25) is 0 Å². The molecule has 1 saturated heterocycles. The minimum Gasteiger partial charge on any atom is -0.311 e. The summed E-state index contributed by atoms with van der Waals surface area (Å²) in [6.07, 6.45) is 7.40. The summed E-state index contributed by atoms with van der Waals surface area (Å²) < 4.78 is 28.8. The molecule has 2 rings (SSSR count). The number of hydrogen-bond donors (Lipinski definition) is 2. The third-order valence-corrected chi connectivity index (χ3v) is 6.13. The van der Waals surface area contributed by atoms with Crippen LogP contribution in [0.2, 0.25) is 0 Å². The van der Waals surface area contributed by atoms with E-state index in [4.69, 9.17) is 0 Å². The molecular formula is C13H27N3O2S. The van der Waals surface area contributed by atoms with Gasteiger partial charge < -0.3 is 5.32 Å². The highest BCUT2D eigenvalue weighted by atomic mass is 32.2. The highest BCUT2D eigenvalue weighted by Crippen LogP contribution is 2.38. The Hall–Kier alpha value is -0.170. The first-order valence-electron chi connectivity index (χ1n) is 7.46. The lowest BCUT2D eigenvalue weighted by Gasteiger charge is -2.48. The molecule has 1 saturated carbocycles. The molecule has 1 spiro atoms. The monoisotopic (exact) mass is 289 g/mol. The second-order valence-corrected chi connectivity index (χ2v) is 7.86. The molecule has 0 aromatic rings. The van der Waals surface area contributed by atoms with Crippen LogP contribution in [-0.4, -0.2) is 44.4 Å². The molecule has 1 heterocycles. The van der Waals surface area contributed by atoms with Crippen molar-refractivity contribution < 1.29 is 8.42 Å². The number of nitrogens with zero attached hydrogens (tertiary/aromatic N) is 1. The first-order chi connectivity index (χ1) is 8.97. The van der Waals surface area contributed by atoms with Crippen molar-refractivity contribution >= 4 is 10.2 Å². The fraction of sp³-hybridized carbons (Fsp3) is 1.00. The minimum atomic E-state index is -3.31. The number of nitrogens with one attached hydrogen (secondary N) is 2. The predicted molar refractivity (Wildman–Crippen MR) is 77.2 cm³/mol. The van der Waals surface area contributed by atoms with E-state index >= 15 is 0 Å². The Labute approximate surface area is 117 Å². The Bertz CT molecular complexity index is 393. The van der Waals surface area contributed by atoms with Crippen LogP contribution in [0.15, 0.2) is 0 Å². The summed E-state index contributed by atoms with van der Waals surface area (Å²) in [5.74, 6) is 0. The molecule has 112 valence electrons. The van der Waals surface area contributed by atoms with Crippen molar-refractivity contribution in [3.63, 3.8) is 0 Å². The van der Waals surface area contributed by atoms with E-state index < -0.39 is 10.2 Å². The molecule has 0 amide bonds. The Morgan fingerprint density at radius 3 is 2.74 bits per heavy atom. The van der Waals surface area contributed by atoms with Crippen LogP contribution in [0.5, 0.6) is 0 Å². The minimum absolute atomic E-state index is 0.0932. The molecule has 2 fully saturated rings. The molecule has 0 radical (unpaired) electrons. The molecule has 2 aliphatic rings. The van der Waals surface area contributed by atoms with Gasteiger partial charge in [-0.25, -0.2) is 0 Å². The molecule has 2 N–H and O–H groups in total. The summed E-state index contributed by atoms with van der Waals surface area (Å²) in [5, 5.41) is 3.56. The highest BCUT2D eigenvalue weighted by molar-refractivity contribution is 7.87. The van der Waals surface area contributed by atoms with Gasteiger partial charge in [0, 0.05) is 25.2 Å². The van der Waals surface area contributed by atoms with Gasteiger partial charge in [0.15, 0.2) is 0 Å². The summed E-state index contributed by atoms with van der Waals surface area (Å²) in [4.78, 5) is 0. The highest BCUT2D eigenvalue weighted by Gasteiger charge is 2.41. The molecule has 1 aliphatic carbocycles. The van der Waals surface area contributed by atoms with Gasteiger partial charge in [-0.3, -0.25) is 0 Å². The van der Waals surface area contributed by atoms with E-state index in [1.54, 1.807) is 7.05 Å². The maximum atomic E-state index is 12.2. The molecule has 0 bridgehead atoms. The van der Waals surface area contributed by atoms with E-state index in [9.17, 15) is 8.42 Å². The van der Waals surface area contributed by atoms with Crippen molar-refractivity contribution in [1.29, 1.82) is 0 Å². The van der Waals surface area contributed by atoms with Gasteiger partial charge in [0.1, 0.15) is 0 Å². The van der Waals surface area contributed by atoms with Gasteiger partial charge in [0.25, 0.3) is 10.2 Å². The van der Waals surface area contributed by atoms with Crippen molar-refractivity contribution in [1.82, 2.24) is 14.3 Å². The lowest BCUT2D eigenvalue weighted by atomic mass is 9.70. The third-order valence-electron chi connectivity index (χ3n) is 4.49. The van der Waals surface area contributed by atoms with Crippen LogP contribution in [-0.2, 0) is 10.2 Å². The zero-order chi connectivity index (χ0) is 13.9. The van der Waals surface area contributed by atoms with E-state index in [-0.39, 0.29) is 11.6 Å². The quantitative estimate of drug-likeness (QED) is 0.773. The standard InChI is InChI=1S/C13H27N3O2S/c1-3-4-10-16(2)19(17,18)15-12-6-9-14-13(11-12)7-5-8-13/h12,14-15H,3-11H2,1-2H3. The average Bonchev–Trinajstić information content (AvgIpc) is 2.33. The molecule has 0 aromatic carbocycles. The first-order valence-corrected chi connectivity index (χ1v) is 8.90. The molecule has 0 aromatic heterocycles. The van der Waals surface area contributed by atoms with Crippen LogP contribution in [0.4, 0.5) is 0 Å². The molecule has 1 atom stereocenters. The van der Waals surface area contributed by atoms with Crippen molar-refractivity contribution in [2.24, 2.45) is 0 Å². The molecule has 1 aliphatic heterocycles. The Kier molecular flexibility index (Phi) is 4.87. The van der Waals surface area contributed by atoms with Crippen LogP contribution in [0.25, 0.3) is 0 Å². The second kappa shape index (κ2) is 6.08. The van der Waals surface area contributed by atoms with E-state index in [2.05, 4.69) is 17.0 Å². The van der Waals surface area contributed by atoms with Gasteiger partial charge in [-0.15, -0.1) is 0 Å². The molecule has 19 heavy (non-hydrogen) atoms. The number of piperidine rings is 1. The zero-order valence-corrected chi connectivity index (χ0v) is 12.9. The summed E-state index contributed by atoms with van der Waals surface area (Å²) in [5.41, 5.74) is 0.230. The van der Waals surface area contributed by atoms with Crippen LogP contribution < -0.4 is 10.0 Å². The summed E-state index contributed by atoms with van der Waals surface area (Å²) in [7, 11) is -1.65. The van der Waals surface area contributed by atoms with Crippen LogP contribution in [0.1, 0.15) is 51.9 Å². The summed E-state index contributed by atoms with van der Waals surface area (Å²) in [6, 6.07) is 0.0932. The van der Waals surface area contributed by atoms with Crippen molar-refractivity contribution in [2.75, 3.05) is 20.1 Å². The van der Waals surface area contributed by atoms with Gasteiger partial charge in [-0.05, 0) is 45.1 Å². The third kappa shape index (κ3) is 3.68. The van der Waals surface area contributed by atoms with Gasteiger partial charge in [-0.1, -0.05) is 13.3 Å². The summed E-state index contributed by atoms with van der Waals surface area (Å²) >= 11 is 0. The van der Waals surface area contributed by atoms with Crippen LogP contribution in [0, 0.1) is 0 Å². The van der Waals surface area contributed by atoms with Crippen LogP contribution >= 0.6 is 0 Å². The molecular weight excluding hydrogens is 262 g/mol. The SMILES string of the molecule is CCCCN(C)S(=O)(=O)NC1CCNC2(CCC2)C1. The predicted octanol–water partition coefficient (Wildman–Crippen LogP) is 1.23. The summed E-state index contributed by atoms with van der Waals surface area (Å²) in [6.45, 7) is 3.59. The second-order valence-electron chi connectivity index (χ2n) is 6.05. The largest absolute Gasteiger partial charge is 0.311 e. The van der Waals surface area contributed by atoms with Gasteiger partial charge in [0.05, 0.1) is 0 Å². The normalized spacial score (nSPS) is 26.6. The number of rotatable bonds is 6. The molecule has 5 nitrogen and oxygen atoms in total. The van der Waals surface area contributed by atoms with Crippen LogP contribution in [0.3, 0.4) is 0 Å². The van der Waals surface area contributed by atoms with E-state index in [1.165, 1.54) is 23.6 Å². The Balaban J connectivity index is 1.88. The van der Waals surface area contributed by atoms with Crippen molar-refractivity contribution in [3.05, 3.63) is 0 Å². The fourth-order valence-electron chi connectivity index (χ4n) is 3.04. The lowest BCUT2D eigenvalue weighted by molar-refractivity contribution is 0.125. The first kappa shape index (κ1) is 15.2. The smallest absolute Gasteiger partial charge is 0.279 e. The van der Waals surface area contributed by atoms with Crippen molar-refractivity contribution in [3.8, 4) is 0 Å². The van der Waals surface area contributed by atoms with E-state index in [0.717, 1.165) is 32.2 Å². The maximum Gasteiger partial charge on any atom is 0.279 e. The van der Waals surface area contributed by atoms with E-state index in [0.29, 0.717) is 6.54 Å². The zero-order valence-electron chi connectivity index (χ0n) is 12.1. The Morgan fingerprint density at radius 2 is 2.16 bits per heavy atom. The van der Waals surface area contributed by atoms with Gasteiger partial charge in [-0.2, -0.15) is 17.4 Å². The number of hydrogen-bond acceptors (Lipinski definition) is 3. The Morgan fingerprint density at radius 1 is 1.42 bits per heavy atom.